The number of nitrogens with one attached hydrogen (secondary N) is 2. The Morgan fingerprint density at radius 3 is 3.00 bits per heavy atom. The molecule has 1 aromatic rings. The van der Waals surface area contributed by atoms with Crippen LogP contribution < -0.4 is 10.6 Å². The van der Waals surface area contributed by atoms with E-state index >= 15 is 0 Å². The summed E-state index contributed by atoms with van der Waals surface area (Å²) in [4.78, 5) is 12.3. The summed E-state index contributed by atoms with van der Waals surface area (Å²) in [5.74, 6) is 0.184. The summed E-state index contributed by atoms with van der Waals surface area (Å²) in [5.41, 5.74) is 2.70. The van der Waals surface area contributed by atoms with Crippen molar-refractivity contribution in [3.8, 4) is 0 Å². The lowest BCUT2D eigenvalue weighted by molar-refractivity contribution is -0.124. The fraction of sp³-hybridized carbons (Fsp3) is 0.562. The average molecular weight is 258 g/mol. The third kappa shape index (κ3) is 2.81. The first-order valence-corrected chi connectivity index (χ1v) is 7.46. The summed E-state index contributed by atoms with van der Waals surface area (Å²) >= 11 is 0. The number of rotatable bonds is 2. The molecule has 2 unspecified atom stereocenters. The predicted molar refractivity (Wildman–Crippen MR) is 75.9 cm³/mol. The number of hydrogen-bond donors (Lipinski definition) is 2. The van der Waals surface area contributed by atoms with Crippen LogP contribution in [0.3, 0.4) is 0 Å². The minimum atomic E-state index is 0.00950. The van der Waals surface area contributed by atoms with Crippen LogP contribution >= 0.6 is 0 Å². The summed E-state index contributed by atoms with van der Waals surface area (Å²) < 4.78 is 0. The second-order valence-electron chi connectivity index (χ2n) is 5.65. The monoisotopic (exact) mass is 258 g/mol. The van der Waals surface area contributed by atoms with Gasteiger partial charge in [-0.3, -0.25) is 4.79 Å². The molecule has 1 aromatic carbocycles. The molecular weight excluding hydrogens is 236 g/mol. The summed E-state index contributed by atoms with van der Waals surface area (Å²) in [6.45, 7) is 0.972. The predicted octanol–water partition coefficient (Wildman–Crippen LogP) is 2.32. The summed E-state index contributed by atoms with van der Waals surface area (Å²) in [6, 6.07) is 8.69. The van der Waals surface area contributed by atoms with Crippen molar-refractivity contribution in [3.63, 3.8) is 0 Å². The van der Waals surface area contributed by atoms with Crippen molar-refractivity contribution >= 4 is 5.91 Å². The molecule has 0 spiro atoms. The molecule has 2 atom stereocenters. The first-order chi connectivity index (χ1) is 9.34. The number of carbonyl (C=O) groups is 1. The highest BCUT2D eigenvalue weighted by molar-refractivity contribution is 5.82. The van der Waals surface area contributed by atoms with E-state index in [1.807, 2.05) is 0 Å². The van der Waals surface area contributed by atoms with Crippen LogP contribution in [0.4, 0.5) is 0 Å². The van der Waals surface area contributed by atoms with Gasteiger partial charge < -0.3 is 10.6 Å². The molecule has 0 aromatic heterocycles. The van der Waals surface area contributed by atoms with Gasteiger partial charge in [-0.1, -0.05) is 37.1 Å². The summed E-state index contributed by atoms with van der Waals surface area (Å²) in [7, 11) is 0. The molecule has 1 heterocycles. The Balaban J connectivity index is 1.64. The van der Waals surface area contributed by atoms with Crippen molar-refractivity contribution in [2.75, 3.05) is 6.54 Å². The maximum atomic E-state index is 12.3. The van der Waals surface area contributed by atoms with Gasteiger partial charge in [0.2, 0.25) is 5.91 Å². The molecule has 3 rings (SSSR count). The highest BCUT2D eigenvalue weighted by atomic mass is 16.2. The van der Waals surface area contributed by atoms with E-state index in [1.54, 1.807) is 0 Å². The largest absolute Gasteiger partial charge is 0.348 e. The van der Waals surface area contributed by atoms with Crippen LogP contribution in [-0.2, 0) is 11.2 Å². The van der Waals surface area contributed by atoms with Crippen molar-refractivity contribution in [2.45, 2.75) is 50.6 Å². The van der Waals surface area contributed by atoms with E-state index in [9.17, 15) is 4.79 Å². The Labute approximate surface area is 114 Å². The van der Waals surface area contributed by atoms with Gasteiger partial charge in [-0.15, -0.1) is 0 Å². The number of carbonyl (C=O) groups excluding carboxylic acids is 1. The molecule has 0 bridgehead atoms. The van der Waals surface area contributed by atoms with Crippen molar-refractivity contribution in [1.82, 2.24) is 10.6 Å². The molecular formula is C16H22N2O. The van der Waals surface area contributed by atoms with Gasteiger partial charge in [0.05, 0.1) is 12.1 Å². The highest BCUT2D eigenvalue weighted by Gasteiger charge is 2.26. The van der Waals surface area contributed by atoms with Crippen LogP contribution in [0.5, 0.6) is 0 Å². The Bertz CT molecular complexity index is 450. The molecule has 3 nitrogen and oxygen atoms in total. The maximum Gasteiger partial charge on any atom is 0.237 e. The lowest BCUT2D eigenvalue weighted by Gasteiger charge is -2.20. The highest BCUT2D eigenvalue weighted by Crippen LogP contribution is 2.30. The SMILES string of the molecule is O=C(NC1CCc2ccccc21)C1CCCCCN1. The fourth-order valence-electron chi connectivity index (χ4n) is 3.23. The minimum Gasteiger partial charge on any atom is -0.348 e. The van der Waals surface area contributed by atoms with E-state index in [-0.39, 0.29) is 18.0 Å². The molecule has 1 amide bonds. The standard InChI is InChI=1S/C16H22N2O/c19-16(15-8-2-1-5-11-17-15)18-14-10-9-12-6-3-4-7-13(12)14/h3-4,6-7,14-15,17H,1-2,5,8-11H2,(H,18,19). The Kier molecular flexibility index (Phi) is 3.83. The molecule has 1 saturated heterocycles. The molecule has 2 N–H and O–H groups in total. The van der Waals surface area contributed by atoms with E-state index in [0.29, 0.717) is 0 Å². The van der Waals surface area contributed by atoms with Crippen molar-refractivity contribution in [3.05, 3.63) is 35.4 Å². The van der Waals surface area contributed by atoms with E-state index in [2.05, 4.69) is 34.9 Å². The van der Waals surface area contributed by atoms with Gasteiger partial charge in [0, 0.05) is 0 Å². The van der Waals surface area contributed by atoms with E-state index in [0.717, 1.165) is 32.2 Å². The first kappa shape index (κ1) is 12.7. The summed E-state index contributed by atoms with van der Waals surface area (Å²) in [6.07, 6.45) is 6.68. The van der Waals surface area contributed by atoms with Gasteiger partial charge in [-0.2, -0.15) is 0 Å². The van der Waals surface area contributed by atoms with Gasteiger partial charge in [0.15, 0.2) is 0 Å². The zero-order valence-corrected chi connectivity index (χ0v) is 11.3. The van der Waals surface area contributed by atoms with Crippen LogP contribution in [-0.4, -0.2) is 18.5 Å². The third-order valence-corrected chi connectivity index (χ3v) is 4.33. The zero-order valence-electron chi connectivity index (χ0n) is 11.3. The number of hydrogen-bond acceptors (Lipinski definition) is 2. The molecule has 0 saturated carbocycles. The van der Waals surface area contributed by atoms with E-state index in [4.69, 9.17) is 0 Å². The van der Waals surface area contributed by atoms with Gasteiger partial charge in [0.25, 0.3) is 0 Å². The maximum absolute atomic E-state index is 12.3. The van der Waals surface area contributed by atoms with Crippen molar-refractivity contribution in [1.29, 1.82) is 0 Å². The van der Waals surface area contributed by atoms with Crippen molar-refractivity contribution in [2.24, 2.45) is 0 Å². The third-order valence-electron chi connectivity index (χ3n) is 4.33. The van der Waals surface area contributed by atoms with Crippen LogP contribution in [0.15, 0.2) is 24.3 Å². The lowest BCUT2D eigenvalue weighted by atomic mass is 10.1. The minimum absolute atomic E-state index is 0.00950. The smallest absolute Gasteiger partial charge is 0.237 e. The van der Waals surface area contributed by atoms with Gasteiger partial charge in [-0.25, -0.2) is 0 Å². The van der Waals surface area contributed by atoms with E-state index in [1.165, 1.54) is 24.0 Å². The van der Waals surface area contributed by atoms with Crippen LogP contribution in [0.2, 0.25) is 0 Å². The number of fused-ring (bicyclic) bond motifs is 1. The molecule has 0 radical (unpaired) electrons. The van der Waals surface area contributed by atoms with Crippen molar-refractivity contribution < 1.29 is 4.79 Å². The first-order valence-electron chi connectivity index (χ1n) is 7.46. The number of aryl methyl sites for hydroxylation is 1. The molecule has 1 aliphatic heterocycles. The molecule has 3 heteroatoms. The molecule has 102 valence electrons. The zero-order chi connectivity index (χ0) is 13.1. The molecule has 1 fully saturated rings. The summed E-state index contributed by atoms with van der Waals surface area (Å²) in [5, 5.41) is 6.60. The van der Waals surface area contributed by atoms with Gasteiger partial charge in [0.1, 0.15) is 0 Å². The second kappa shape index (κ2) is 5.74. The van der Waals surface area contributed by atoms with Gasteiger partial charge >= 0.3 is 0 Å². The molecule has 19 heavy (non-hydrogen) atoms. The van der Waals surface area contributed by atoms with Gasteiger partial charge in [-0.05, 0) is 43.4 Å². The van der Waals surface area contributed by atoms with Crippen LogP contribution in [0.25, 0.3) is 0 Å². The van der Waals surface area contributed by atoms with Crippen LogP contribution in [0, 0.1) is 0 Å². The lowest BCUT2D eigenvalue weighted by Crippen LogP contribution is -2.44. The number of amides is 1. The Morgan fingerprint density at radius 1 is 1.16 bits per heavy atom. The van der Waals surface area contributed by atoms with Crippen LogP contribution in [0.1, 0.15) is 49.3 Å². The Morgan fingerprint density at radius 2 is 2.05 bits per heavy atom. The second-order valence-corrected chi connectivity index (χ2v) is 5.65. The van der Waals surface area contributed by atoms with E-state index < -0.39 is 0 Å². The molecule has 2 aliphatic rings. The normalized spacial score (nSPS) is 26.5. The number of benzene rings is 1. The topological polar surface area (TPSA) is 41.1 Å². The average Bonchev–Trinajstić information content (AvgIpc) is 2.66. The fourth-order valence-corrected chi connectivity index (χ4v) is 3.23. The molecule has 1 aliphatic carbocycles. The Hall–Kier alpha value is -1.35. The quantitative estimate of drug-likeness (QED) is 0.855.